The Balaban J connectivity index is 2.82. The van der Waals surface area contributed by atoms with E-state index in [1.807, 2.05) is 0 Å². The van der Waals surface area contributed by atoms with Gasteiger partial charge in [0.15, 0.2) is 0 Å². The molecule has 0 aromatic carbocycles. The molecule has 0 aliphatic carbocycles. The molecule has 0 saturated carbocycles. The third-order valence-electron chi connectivity index (χ3n) is 2.36. The highest BCUT2D eigenvalue weighted by Crippen LogP contribution is 2.19. The van der Waals surface area contributed by atoms with Crippen LogP contribution in [0.4, 0.5) is 4.79 Å². The van der Waals surface area contributed by atoms with Gasteiger partial charge in [-0.3, -0.25) is 4.79 Å². The summed E-state index contributed by atoms with van der Waals surface area (Å²) >= 11 is 0. The van der Waals surface area contributed by atoms with E-state index in [-0.39, 0.29) is 0 Å². The summed E-state index contributed by atoms with van der Waals surface area (Å²) in [5.41, 5.74) is 4.21. The number of primary amides is 1. The standard InChI is InChI=1S/C13H19N3O7/c1-13(2,3)22-12(21)15-7(6-8(14)17)11(20)23-16-9(18)4-5-10(16)19/h4-5,7,18-19H,6H2,1-3H3,(H2,14,17)(H,15,21)/t7-/m0/s1. The predicted octanol–water partition coefficient (Wildman–Crippen LogP) is -0.377. The van der Waals surface area contributed by atoms with Crippen LogP contribution in [0.5, 0.6) is 11.8 Å². The molecule has 0 aliphatic heterocycles. The number of nitrogens with one attached hydrogen (secondary N) is 1. The summed E-state index contributed by atoms with van der Waals surface area (Å²) in [6.07, 6.45) is -1.51. The van der Waals surface area contributed by atoms with E-state index < -0.39 is 47.8 Å². The molecule has 1 aromatic heterocycles. The molecule has 0 bridgehead atoms. The second-order valence-electron chi connectivity index (χ2n) is 5.62. The Bertz CT molecular complexity index is 584. The maximum absolute atomic E-state index is 12.0. The van der Waals surface area contributed by atoms with E-state index in [4.69, 9.17) is 15.3 Å². The Kier molecular flexibility index (Phi) is 5.44. The number of ether oxygens (including phenoxy) is 1. The van der Waals surface area contributed by atoms with Crippen LogP contribution in [0.3, 0.4) is 0 Å². The van der Waals surface area contributed by atoms with Gasteiger partial charge in [-0.25, -0.2) is 9.59 Å². The van der Waals surface area contributed by atoms with Gasteiger partial charge in [0.05, 0.1) is 6.42 Å². The second-order valence-corrected chi connectivity index (χ2v) is 5.62. The van der Waals surface area contributed by atoms with Crippen LogP contribution in [0, 0.1) is 0 Å². The third-order valence-corrected chi connectivity index (χ3v) is 2.36. The number of amides is 2. The molecular formula is C13H19N3O7. The number of nitrogens with zero attached hydrogens (tertiary/aromatic N) is 1. The van der Waals surface area contributed by atoms with Crippen molar-refractivity contribution in [3.8, 4) is 11.8 Å². The Labute approximate surface area is 131 Å². The van der Waals surface area contributed by atoms with Crippen LogP contribution < -0.4 is 15.9 Å². The van der Waals surface area contributed by atoms with Gasteiger partial charge < -0.3 is 30.8 Å². The first-order valence-corrected chi connectivity index (χ1v) is 6.59. The van der Waals surface area contributed by atoms with Gasteiger partial charge >= 0.3 is 12.1 Å². The minimum absolute atomic E-state index is 0.424. The number of carbonyl (C=O) groups is 3. The zero-order valence-electron chi connectivity index (χ0n) is 12.9. The van der Waals surface area contributed by atoms with Gasteiger partial charge in [0.25, 0.3) is 0 Å². The SMILES string of the molecule is CC(C)(C)OC(=O)N[C@@H](CC(N)=O)C(=O)On1c(O)ccc1O. The molecule has 128 valence electrons. The number of rotatable bonds is 5. The van der Waals surface area contributed by atoms with E-state index in [1.165, 1.54) is 0 Å². The summed E-state index contributed by atoms with van der Waals surface area (Å²) in [6.45, 7) is 4.84. The highest BCUT2D eigenvalue weighted by atomic mass is 16.7. The largest absolute Gasteiger partial charge is 0.492 e. The van der Waals surface area contributed by atoms with E-state index >= 15 is 0 Å². The van der Waals surface area contributed by atoms with Crippen LogP contribution in [0.2, 0.25) is 0 Å². The smallest absolute Gasteiger partial charge is 0.408 e. The fraction of sp³-hybridized carbons (Fsp3) is 0.462. The Morgan fingerprint density at radius 3 is 2.22 bits per heavy atom. The van der Waals surface area contributed by atoms with Gasteiger partial charge in [-0.05, 0) is 20.8 Å². The Morgan fingerprint density at radius 2 is 1.78 bits per heavy atom. The van der Waals surface area contributed by atoms with Crippen molar-refractivity contribution in [1.82, 2.24) is 10.0 Å². The lowest BCUT2D eigenvalue weighted by molar-refractivity contribution is -0.149. The predicted molar refractivity (Wildman–Crippen MR) is 76.3 cm³/mol. The first-order chi connectivity index (χ1) is 10.5. The van der Waals surface area contributed by atoms with Gasteiger partial charge in [-0.2, -0.15) is 0 Å². The van der Waals surface area contributed by atoms with Crippen molar-refractivity contribution in [2.24, 2.45) is 5.73 Å². The maximum atomic E-state index is 12.0. The minimum Gasteiger partial charge on any atom is -0.492 e. The van der Waals surface area contributed by atoms with Crippen LogP contribution >= 0.6 is 0 Å². The van der Waals surface area contributed by atoms with Crippen LogP contribution in [-0.4, -0.2) is 44.6 Å². The second kappa shape index (κ2) is 6.90. The van der Waals surface area contributed by atoms with Gasteiger partial charge in [0.2, 0.25) is 17.7 Å². The van der Waals surface area contributed by atoms with Crippen LogP contribution in [0.25, 0.3) is 0 Å². The average Bonchev–Trinajstić information content (AvgIpc) is 2.66. The lowest BCUT2D eigenvalue weighted by Gasteiger charge is -2.22. The Hall–Kier alpha value is -2.91. The number of hydrogen-bond donors (Lipinski definition) is 4. The van der Waals surface area contributed by atoms with Crippen LogP contribution in [0.15, 0.2) is 12.1 Å². The summed E-state index contributed by atoms with van der Waals surface area (Å²) in [4.78, 5) is 39.4. The average molecular weight is 329 g/mol. The fourth-order valence-corrected chi connectivity index (χ4v) is 1.49. The molecule has 2 amide bonds. The molecule has 10 nitrogen and oxygen atoms in total. The molecule has 10 heteroatoms. The number of nitrogens with two attached hydrogens (primary N) is 1. The molecule has 1 rings (SSSR count). The van der Waals surface area contributed by atoms with Crippen molar-refractivity contribution in [2.45, 2.75) is 38.8 Å². The molecule has 0 radical (unpaired) electrons. The number of aromatic nitrogens is 1. The van der Waals surface area contributed by atoms with Crippen molar-refractivity contribution in [1.29, 1.82) is 0 Å². The van der Waals surface area contributed by atoms with Gasteiger partial charge in [-0.1, -0.05) is 0 Å². The van der Waals surface area contributed by atoms with Gasteiger partial charge in [0.1, 0.15) is 11.6 Å². The molecule has 5 N–H and O–H groups in total. The molecule has 1 aromatic rings. The Morgan fingerprint density at radius 1 is 1.26 bits per heavy atom. The van der Waals surface area contributed by atoms with Gasteiger partial charge in [-0.15, -0.1) is 4.73 Å². The van der Waals surface area contributed by atoms with Crippen molar-refractivity contribution in [3.05, 3.63) is 12.1 Å². The third kappa shape index (κ3) is 5.77. The van der Waals surface area contributed by atoms with Crippen molar-refractivity contribution >= 4 is 18.0 Å². The summed E-state index contributed by atoms with van der Waals surface area (Å²) in [6, 6.07) is 0.698. The molecule has 0 spiro atoms. The van der Waals surface area contributed by atoms with Crippen molar-refractivity contribution < 1.29 is 34.2 Å². The van der Waals surface area contributed by atoms with E-state index in [0.717, 1.165) is 12.1 Å². The highest BCUT2D eigenvalue weighted by molar-refractivity contribution is 5.87. The molecule has 0 unspecified atom stereocenters. The van der Waals surface area contributed by atoms with E-state index in [2.05, 4.69) is 5.32 Å². The van der Waals surface area contributed by atoms with Crippen molar-refractivity contribution in [2.75, 3.05) is 0 Å². The van der Waals surface area contributed by atoms with Crippen LogP contribution in [-0.2, 0) is 14.3 Å². The van der Waals surface area contributed by atoms with Gasteiger partial charge in [0, 0.05) is 12.1 Å². The maximum Gasteiger partial charge on any atom is 0.408 e. The van der Waals surface area contributed by atoms with E-state index in [1.54, 1.807) is 20.8 Å². The van der Waals surface area contributed by atoms with E-state index in [9.17, 15) is 24.6 Å². The lowest BCUT2D eigenvalue weighted by atomic mass is 10.2. The normalized spacial score (nSPS) is 12.3. The molecule has 23 heavy (non-hydrogen) atoms. The van der Waals surface area contributed by atoms with E-state index in [0.29, 0.717) is 4.73 Å². The lowest BCUT2D eigenvalue weighted by Crippen LogP contribution is -2.48. The first-order valence-electron chi connectivity index (χ1n) is 6.59. The molecule has 0 aliphatic rings. The molecule has 0 saturated heterocycles. The summed E-state index contributed by atoms with van der Waals surface area (Å²) in [5, 5.41) is 20.9. The summed E-state index contributed by atoms with van der Waals surface area (Å²) in [5.74, 6) is -3.10. The number of hydrogen-bond acceptors (Lipinski definition) is 7. The fourth-order valence-electron chi connectivity index (χ4n) is 1.49. The minimum atomic E-state index is -1.46. The number of alkyl carbamates (subject to hydrolysis) is 1. The van der Waals surface area contributed by atoms with Crippen LogP contribution in [0.1, 0.15) is 27.2 Å². The molecular weight excluding hydrogens is 310 g/mol. The van der Waals surface area contributed by atoms with Crippen molar-refractivity contribution in [3.63, 3.8) is 0 Å². The molecule has 0 fully saturated rings. The molecule has 1 atom stereocenters. The topological polar surface area (TPSA) is 153 Å². The molecule has 1 heterocycles. The zero-order chi connectivity index (χ0) is 17.8. The zero-order valence-corrected chi connectivity index (χ0v) is 12.9. The summed E-state index contributed by atoms with van der Waals surface area (Å²) < 4.78 is 5.39. The summed E-state index contributed by atoms with van der Waals surface area (Å²) in [7, 11) is 0. The number of carbonyl (C=O) groups excluding carboxylic acids is 3. The number of aromatic hydroxyl groups is 2. The quantitative estimate of drug-likeness (QED) is 0.574. The first kappa shape index (κ1) is 18.1. The highest BCUT2D eigenvalue weighted by Gasteiger charge is 2.28. The monoisotopic (exact) mass is 329 g/mol.